The van der Waals surface area contributed by atoms with E-state index in [1.165, 1.54) is 11.3 Å². The molecule has 8 nitrogen and oxygen atoms in total. The van der Waals surface area contributed by atoms with Crippen LogP contribution in [0.25, 0.3) is 22.0 Å². The van der Waals surface area contributed by atoms with Crippen LogP contribution >= 0.6 is 22.9 Å². The summed E-state index contributed by atoms with van der Waals surface area (Å²) in [4.78, 5) is 35.7. The molecule has 0 spiro atoms. The first kappa shape index (κ1) is 28.6. The summed E-state index contributed by atoms with van der Waals surface area (Å²) >= 11 is 7.35. The highest BCUT2D eigenvalue weighted by atomic mass is 35.5. The zero-order chi connectivity index (χ0) is 28.9. The Balaban J connectivity index is 1.32. The lowest BCUT2D eigenvalue weighted by molar-refractivity contribution is -0.136. The highest BCUT2D eigenvalue weighted by Gasteiger charge is 2.37. The molecule has 1 aliphatic rings. The smallest absolute Gasteiger partial charge is 0.283 e. The van der Waals surface area contributed by atoms with Crippen molar-refractivity contribution in [3.63, 3.8) is 0 Å². The summed E-state index contributed by atoms with van der Waals surface area (Å²) in [5, 5.41) is 15.5. The SMILES string of the molecule is CC1CN(C(=O)c2nc(-c3ccc(Cl)cc3)cs2)C(CCCNC(=N)N)CN1C(=O)Cc1ccc2ccccc2c1. The Bertz CT molecular complexity index is 1560. The first-order valence-electron chi connectivity index (χ1n) is 13.7. The predicted molar refractivity (Wildman–Crippen MR) is 165 cm³/mol. The van der Waals surface area contributed by atoms with Crippen molar-refractivity contribution in [2.24, 2.45) is 5.73 Å². The van der Waals surface area contributed by atoms with Gasteiger partial charge in [0.1, 0.15) is 0 Å². The number of aromatic nitrogens is 1. The molecule has 2 atom stereocenters. The number of nitrogens with one attached hydrogen (secondary N) is 2. The molecule has 2 amide bonds. The van der Waals surface area contributed by atoms with Crippen LogP contribution in [-0.2, 0) is 11.2 Å². The number of nitrogens with zero attached hydrogens (tertiary/aromatic N) is 3. The molecule has 10 heteroatoms. The molecule has 212 valence electrons. The number of rotatable bonds is 8. The summed E-state index contributed by atoms with van der Waals surface area (Å²) in [6, 6.07) is 21.3. The van der Waals surface area contributed by atoms with Crippen molar-refractivity contribution >= 4 is 51.5 Å². The molecule has 41 heavy (non-hydrogen) atoms. The molecule has 5 rings (SSSR count). The number of piperazine rings is 1. The van der Waals surface area contributed by atoms with E-state index in [1.54, 1.807) is 12.1 Å². The van der Waals surface area contributed by atoms with Crippen molar-refractivity contribution in [3.05, 3.63) is 87.7 Å². The summed E-state index contributed by atoms with van der Waals surface area (Å²) in [6.07, 6.45) is 1.66. The highest BCUT2D eigenvalue weighted by Crippen LogP contribution is 2.27. The van der Waals surface area contributed by atoms with Crippen LogP contribution < -0.4 is 11.1 Å². The Kier molecular flexibility index (Phi) is 8.85. The van der Waals surface area contributed by atoms with Gasteiger partial charge in [0.2, 0.25) is 5.91 Å². The van der Waals surface area contributed by atoms with Gasteiger partial charge in [0.15, 0.2) is 11.0 Å². The lowest BCUT2D eigenvalue weighted by atomic mass is 10.00. The Hall–Kier alpha value is -3.95. The second-order valence-electron chi connectivity index (χ2n) is 10.4. The van der Waals surface area contributed by atoms with Crippen molar-refractivity contribution < 1.29 is 9.59 Å². The van der Waals surface area contributed by atoms with Crippen molar-refractivity contribution in [2.45, 2.75) is 38.3 Å². The van der Waals surface area contributed by atoms with Crippen molar-refractivity contribution in [2.75, 3.05) is 19.6 Å². The lowest BCUT2D eigenvalue weighted by Crippen LogP contribution is -2.60. The number of amides is 2. The van der Waals surface area contributed by atoms with E-state index < -0.39 is 0 Å². The zero-order valence-corrected chi connectivity index (χ0v) is 24.4. The molecule has 3 aromatic carbocycles. The summed E-state index contributed by atoms with van der Waals surface area (Å²) in [5.41, 5.74) is 8.05. The molecule has 1 aliphatic heterocycles. The molecule has 0 aliphatic carbocycles. The van der Waals surface area contributed by atoms with Gasteiger partial charge in [0.05, 0.1) is 12.1 Å². The third-order valence-corrected chi connectivity index (χ3v) is 8.53. The number of carbonyl (C=O) groups is 2. The van der Waals surface area contributed by atoms with Crippen LogP contribution in [-0.4, -0.2) is 64.3 Å². The average molecular weight is 589 g/mol. The van der Waals surface area contributed by atoms with E-state index in [0.29, 0.717) is 48.9 Å². The fourth-order valence-electron chi connectivity index (χ4n) is 5.32. The first-order chi connectivity index (χ1) is 19.8. The largest absolute Gasteiger partial charge is 0.370 e. The molecule has 2 unspecified atom stereocenters. The quantitative estimate of drug-likeness (QED) is 0.149. The molecule has 4 aromatic rings. The number of halogens is 1. The van der Waals surface area contributed by atoms with Crippen LogP contribution in [0.4, 0.5) is 0 Å². The molecule has 0 radical (unpaired) electrons. The summed E-state index contributed by atoms with van der Waals surface area (Å²) in [5.74, 6) is -0.167. The molecule has 2 heterocycles. The van der Waals surface area contributed by atoms with Crippen molar-refractivity contribution in [1.82, 2.24) is 20.1 Å². The minimum Gasteiger partial charge on any atom is -0.370 e. The minimum absolute atomic E-state index is 0.0472. The third-order valence-electron chi connectivity index (χ3n) is 7.45. The topological polar surface area (TPSA) is 115 Å². The standard InChI is InChI=1S/C31H33ClN6O2S/c1-20-17-38(30(40)29-36-27(19-41-29)23-10-12-25(32)13-11-23)26(7-4-14-35-31(33)34)18-37(20)28(39)16-21-8-9-22-5-2-3-6-24(22)15-21/h2-3,5-6,8-13,15,19-20,26H,4,7,14,16-18H2,1H3,(H4,33,34,35). The van der Waals surface area contributed by atoms with E-state index in [9.17, 15) is 9.59 Å². The van der Waals surface area contributed by atoms with Crippen LogP contribution in [0.15, 0.2) is 72.1 Å². The van der Waals surface area contributed by atoms with Crippen LogP contribution in [0.5, 0.6) is 0 Å². The van der Waals surface area contributed by atoms with Crippen LogP contribution in [0, 0.1) is 5.41 Å². The number of thiazole rings is 1. The van der Waals surface area contributed by atoms with Gasteiger partial charge in [0.25, 0.3) is 5.91 Å². The Morgan fingerprint density at radius 2 is 1.83 bits per heavy atom. The van der Waals surface area contributed by atoms with E-state index in [2.05, 4.69) is 34.6 Å². The molecular weight excluding hydrogens is 556 g/mol. The molecule has 1 fully saturated rings. The second kappa shape index (κ2) is 12.7. The minimum atomic E-state index is -0.184. The maximum atomic E-state index is 13.8. The van der Waals surface area contributed by atoms with Crippen molar-refractivity contribution in [1.29, 1.82) is 5.41 Å². The summed E-state index contributed by atoms with van der Waals surface area (Å²) < 4.78 is 0. The van der Waals surface area contributed by atoms with E-state index >= 15 is 0 Å². The number of guanidine groups is 1. The summed E-state index contributed by atoms with van der Waals surface area (Å²) in [7, 11) is 0. The highest BCUT2D eigenvalue weighted by molar-refractivity contribution is 7.12. The number of hydrogen-bond acceptors (Lipinski definition) is 5. The second-order valence-corrected chi connectivity index (χ2v) is 11.7. The van der Waals surface area contributed by atoms with Crippen LogP contribution in [0.3, 0.4) is 0 Å². The van der Waals surface area contributed by atoms with Crippen LogP contribution in [0.2, 0.25) is 5.02 Å². The lowest BCUT2D eigenvalue weighted by Gasteiger charge is -2.45. The van der Waals surface area contributed by atoms with Crippen molar-refractivity contribution in [3.8, 4) is 11.3 Å². The Morgan fingerprint density at radius 3 is 2.59 bits per heavy atom. The Labute approximate surface area is 248 Å². The molecule has 4 N–H and O–H groups in total. The maximum Gasteiger partial charge on any atom is 0.283 e. The van der Waals surface area contributed by atoms with Gasteiger partial charge in [-0.1, -0.05) is 66.2 Å². The summed E-state index contributed by atoms with van der Waals surface area (Å²) in [6.45, 7) is 3.37. The molecule has 0 saturated carbocycles. The van der Waals surface area contributed by atoms with Gasteiger partial charge in [-0.25, -0.2) is 4.98 Å². The maximum absolute atomic E-state index is 13.8. The number of fused-ring (bicyclic) bond motifs is 1. The van der Waals surface area contributed by atoms with E-state index in [1.807, 2.05) is 52.4 Å². The fraction of sp³-hybridized carbons (Fsp3) is 0.290. The number of benzene rings is 3. The number of nitrogens with two attached hydrogens (primary N) is 1. The van der Waals surface area contributed by atoms with Crippen LogP contribution in [0.1, 0.15) is 35.1 Å². The van der Waals surface area contributed by atoms with Gasteiger partial charge >= 0.3 is 0 Å². The van der Waals surface area contributed by atoms with Gasteiger partial charge < -0.3 is 20.9 Å². The third kappa shape index (κ3) is 6.86. The molecule has 1 saturated heterocycles. The average Bonchev–Trinajstić information content (AvgIpc) is 3.46. The normalized spacial score (nSPS) is 17.0. The van der Waals surface area contributed by atoms with E-state index in [-0.39, 0.29) is 29.9 Å². The Morgan fingerprint density at radius 1 is 1.07 bits per heavy atom. The zero-order valence-electron chi connectivity index (χ0n) is 22.8. The predicted octanol–water partition coefficient (Wildman–Crippen LogP) is 5.16. The van der Waals surface area contributed by atoms with Gasteiger partial charge in [-0.05, 0) is 48.2 Å². The molecule has 1 aromatic heterocycles. The fourth-order valence-corrected chi connectivity index (χ4v) is 6.22. The van der Waals surface area contributed by atoms with Gasteiger partial charge in [-0.3, -0.25) is 15.0 Å². The number of hydrogen-bond donors (Lipinski definition) is 3. The number of carbonyl (C=O) groups excluding carboxylic acids is 2. The van der Waals surface area contributed by atoms with E-state index in [0.717, 1.165) is 27.6 Å². The van der Waals surface area contributed by atoms with Gasteiger partial charge in [-0.15, -0.1) is 11.3 Å². The van der Waals surface area contributed by atoms with Gasteiger partial charge in [-0.2, -0.15) is 0 Å². The monoisotopic (exact) mass is 588 g/mol. The van der Waals surface area contributed by atoms with Gasteiger partial charge in [0, 0.05) is 47.7 Å². The van der Waals surface area contributed by atoms with E-state index in [4.69, 9.17) is 22.7 Å². The first-order valence-corrected chi connectivity index (χ1v) is 14.9. The molecular formula is C31H33ClN6O2S. The molecule has 0 bridgehead atoms.